The summed E-state index contributed by atoms with van der Waals surface area (Å²) in [4.78, 5) is 15.5. The molecule has 1 aromatic heterocycles. The Labute approximate surface area is 156 Å². The van der Waals surface area contributed by atoms with Crippen molar-refractivity contribution in [3.05, 3.63) is 65.5 Å². The molecule has 0 spiro atoms. The van der Waals surface area contributed by atoms with Crippen molar-refractivity contribution in [1.29, 1.82) is 0 Å². The molecular formula is C18H17N3O3S2. The summed E-state index contributed by atoms with van der Waals surface area (Å²) in [6, 6.07) is 15.8. The van der Waals surface area contributed by atoms with Crippen LogP contribution >= 0.6 is 11.3 Å². The molecule has 0 bridgehead atoms. The van der Waals surface area contributed by atoms with E-state index in [0.717, 1.165) is 11.1 Å². The Balaban J connectivity index is 1.73. The van der Waals surface area contributed by atoms with E-state index in [0.29, 0.717) is 17.4 Å². The van der Waals surface area contributed by atoms with Crippen molar-refractivity contribution >= 4 is 32.4 Å². The van der Waals surface area contributed by atoms with Crippen LogP contribution in [0.1, 0.15) is 12.5 Å². The predicted octanol–water partition coefficient (Wildman–Crippen LogP) is 3.25. The number of rotatable bonds is 6. The fourth-order valence-electron chi connectivity index (χ4n) is 2.25. The Morgan fingerprint density at radius 2 is 1.77 bits per heavy atom. The Morgan fingerprint density at radius 3 is 2.42 bits per heavy atom. The number of hydrogen-bond acceptors (Lipinski definition) is 5. The molecule has 0 aliphatic heterocycles. The number of nitrogens with zero attached hydrogens (tertiary/aromatic N) is 1. The van der Waals surface area contributed by atoms with Crippen molar-refractivity contribution in [2.45, 2.75) is 18.4 Å². The SMILES string of the molecule is CC(=O)NCc1ccc(-c2csc(NS(=O)(=O)c3ccccc3)n2)cc1. The molecule has 0 atom stereocenters. The Bertz CT molecular complexity index is 998. The molecular weight excluding hydrogens is 370 g/mol. The van der Waals surface area contributed by atoms with Crippen LogP contribution in [0.2, 0.25) is 0 Å². The van der Waals surface area contributed by atoms with Gasteiger partial charge in [0.15, 0.2) is 5.13 Å². The maximum Gasteiger partial charge on any atom is 0.263 e. The lowest BCUT2D eigenvalue weighted by Crippen LogP contribution is -2.18. The van der Waals surface area contributed by atoms with Crippen molar-refractivity contribution in [3.63, 3.8) is 0 Å². The standard InChI is InChI=1S/C18H17N3O3S2/c1-13(22)19-11-14-7-9-15(10-8-14)17-12-25-18(20-17)21-26(23,24)16-5-3-2-4-6-16/h2-10,12H,11H2,1H3,(H,19,22)(H,20,21). The van der Waals surface area contributed by atoms with E-state index >= 15 is 0 Å². The zero-order valence-electron chi connectivity index (χ0n) is 14.0. The van der Waals surface area contributed by atoms with Gasteiger partial charge in [0.05, 0.1) is 10.6 Å². The molecule has 0 saturated carbocycles. The van der Waals surface area contributed by atoms with Crippen LogP contribution in [-0.2, 0) is 21.4 Å². The first-order chi connectivity index (χ1) is 12.4. The minimum Gasteiger partial charge on any atom is -0.352 e. The second-order valence-electron chi connectivity index (χ2n) is 5.56. The highest BCUT2D eigenvalue weighted by Crippen LogP contribution is 2.26. The average Bonchev–Trinajstić information content (AvgIpc) is 3.09. The predicted molar refractivity (Wildman–Crippen MR) is 102 cm³/mol. The minimum atomic E-state index is -3.65. The summed E-state index contributed by atoms with van der Waals surface area (Å²) in [5.74, 6) is -0.0797. The Kier molecular flexibility index (Phi) is 5.34. The number of sulfonamides is 1. The molecule has 1 amide bonds. The van der Waals surface area contributed by atoms with Gasteiger partial charge < -0.3 is 5.32 Å². The Morgan fingerprint density at radius 1 is 1.08 bits per heavy atom. The Hall–Kier alpha value is -2.71. The highest BCUT2D eigenvalue weighted by molar-refractivity contribution is 7.93. The quantitative estimate of drug-likeness (QED) is 0.680. The van der Waals surface area contributed by atoms with Crippen LogP contribution in [-0.4, -0.2) is 19.3 Å². The van der Waals surface area contributed by atoms with Gasteiger partial charge in [-0.1, -0.05) is 42.5 Å². The van der Waals surface area contributed by atoms with Gasteiger partial charge in [-0.3, -0.25) is 9.52 Å². The van der Waals surface area contributed by atoms with Crippen LogP contribution < -0.4 is 10.0 Å². The van der Waals surface area contributed by atoms with Crippen LogP contribution in [0, 0.1) is 0 Å². The molecule has 8 heteroatoms. The molecule has 0 fully saturated rings. The normalized spacial score (nSPS) is 11.1. The number of benzene rings is 2. The van der Waals surface area contributed by atoms with E-state index in [2.05, 4.69) is 15.0 Å². The summed E-state index contributed by atoms with van der Waals surface area (Å²) in [5, 5.41) is 4.85. The van der Waals surface area contributed by atoms with E-state index in [1.165, 1.54) is 30.4 Å². The van der Waals surface area contributed by atoms with Gasteiger partial charge in [-0.2, -0.15) is 0 Å². The van der Waals surface area contributed by atoms with E-state index in [9.17, 15) is 13.2 Å². The zero-order chi connectivity index (χ0) is 18.6. The number of amides is 1. The first-order valence-corrected chi connectivity index (χ1v) is 10.2. The number of nitrogens with one attached hydrogen (secondary N) is 2. The molecule has 6 nitrogen and oxygen atoms in total. The fourth-order valence-corrected chi connectivity index (χ4v) is 4.24. The molecule has 0 radical (unpaired) electrons. The first kappa shape index (κ1) is 18.1. The van der Waals surface area contributed by atoms with Crippen LogP contribution in [0.5, 0.6) is 0 Å². The highest BCUT2D eigenvalue weighted by Gasteiger charge is 2.16. The summed E-state index contributed by atoms with van der Waals surface area (Å²) < 4.78 is 27.2. The topological polar surface area (TPSA) is 88.2 Å². The number of carbonyl (C=O) groups excluding carboxylic acids is 1. The van der Waals surface area contributed by atoms with Gasteiger partial charge in [-0.05, 0) is 17.7 Å². The number of aromatic nitrogens is 1. The largest absolute Gasteiger partial charge is 0.352 e. The van der Waals surface area contributed by atoms with E-state index < -0.39 is 10.0 Å². The number of hydrogen-bond donors (Lipinski definition) is 2. The summed E-state index contributed by atoms with van der Waals surface area (Å²) in [7, 11) is -3.65. The molecule has 0 aliphatic rings. The summed E-state index contributed by atoms with van der Waals surface area (Å²) in [6.45, 7) is 1.94. The van der Waals surface area contributed by atoms with E-state index in [4.69, 9.17) is 0 Å². The number of thiazole rings is 1. The van der Waals surface area contributed by atoms with Gasteiger partial charge in [0, 0.05) is 24.4 Å². The van der Waals surface area contributed by atoms with Gasteiger partial charge in [0.25, 0.3) is 10.0 Å². The number of carbonyl (C=O) groups is 1. The maximum absolute atomic E-state index is 12.3. The lowest BCUT2D eigenvalue weighted by atomic mass is 10.1. The molecule has 0 unspecified atom stereocenters. The van der Waals surface area contributed by atoms with Gasteiger partial charge in [0.1, 0.15) is 0 Å². The first-order valence-electron chi connectivity index (χ1n) is 7.81. The second kappa shape index (κ2) is 7.67. The molecule has 134 valence electrons. The van der Waals surface area contributed by atoms with E-state index in [1.807, 2.05) is 24.3 Å². The van der Waals surface area contributed by atoms with Gasteiger partial charge in [-0.25, -0.2) is 13.4 Å². The van der Waals surface area contributed by atoms with Gasteiger partial charge >= 0.3 is 0 Å². The van der Waals surface area contributed by atoms with Crippen molar-refractivity contribution in [2.24, 2.45) is 0 Å². The lowest BCUT2D eigenvalue weighted by Gasteiger charge is -2.05. The van der Waals surface area contributed by atoms with Crippen LogP contribution in [0.25, 0.3) is 11.3 Å². The molecule has 1 heterocycles. The van der Waals surface area contributed by atoms with Crippen molar-refractivity contribution in [1.82, 2.24) is 10.3 Å². The summed E-state index contributed by atoms with van der Waals surface area (Å²) >= 11 is 1.23. The smallest absolute Gasteiger partial charge is 0.263 e. The summed E-state index contributed by atoms with van der Waals surface area (Å²) in [6.07, 6.45) is 0. The van der Waals surface area contributed by atoms with Crippen molar-refractivity contribution in [2.75, 3.05) is 4.72 Å². The molecule has 0 aliphatic carbocycles. The maximum atomic E-state index is 12.3. The zero-order valence-corrected chi connectivity index (χ0v) is 15.6. The van der Waals surface area contributed by atoms with E-state index in [-0.39, 0.29) is 10.8 Å². The van der Waals surface area contributed by atoms with Gasteiger partial charge in [-0.15, -0.1) is 11.3 Å². The molecule has 0 saturated heterocycles. The van der Waals surface area contributed by atoms with Crippen molar-refractivity contribution in [3.8, 4) is 11.3 Å². The third-order valence-corrected chi connectivity index (χ3v) is 5.81. The van der Waals surface area contributed by atoms with Gasteiger partial charge in [0.2, 0.25) is 5.91 Å². The van der Waals surface area contributed by atoms with Crippen LogP contribution in [0.15, 0.2) is 64.9 Å². The van der Waals surface area contributed by atoms with Crippen molar-refractivity contribution < 1.29 is 13.2 Å². The lowest BCUT2D eigenvalue weighted by molar-refractivity contribution is -0.119. The number of anilines is 1. The summed E-state index contributed by atoms with van der Waals surface area (Å²) in [5.41, 5.74) is 2.54. The molecule has 3 aromatic rings. The molecule has 3 rings (SSSR count). The van der Waals surface area contributed by atoms with E-state index in [1.54, 1.807) is 23.6 Å². The highest BCUT2D eigenvalue weighted by atomic mass is 32.2. The molecule has 2 aromatic carbocycles. The van der Waals surface area contributed by atoms with Crippen LogP contribution in [0.4, 0.5) is 5.13 Å². The monoisotopic (exact) mass is 387 g/mol. The third kappa shape index (κ3) is 4.47. The third-order valence-electron chi connectivity index (χ3n) is 3.57. The molecule has 26 heavy (non-hydrogen) atoms. The molecule has 2 N–H and O–H groups in total. The fraction of sp³-hybridized carbons (Fsp3) is 0.111. The minimum absolute atomic E-state index is 0.0797. The van der Waals surface area contributed by atoms with Crippen LogP contribution in [0.3, 0.4) is 0 Å². The average molecular weight is 387 g/mol. The second-order valence-corrected chi connectivity index (χ2v) is 8.10.